The van der Waals surface area contributed by atoms with Crippen LogP contribution in [-0.2, 0) is 4.79 Å². The van der Waals surface area contributed by atoms with E-state index in [1.54, 1.807) is 14.2 Å². The summed E-state index contributed by atoms with van der Waals surface area (Å²) in [5.74, 6) is 0.996. The van der Waals surface area contributed by atoms with Gasteiger partial charge in [0.15, 0.2) is 11.5 Å². The Kier molecular flexibility index (Phi) is 5.43. The summed E-state index contributed by atoms with van der Waals surface area (Å²) in [5.41, 5.74) is 8.50. The monoisotopic (exact) mass is 353 g/mol. The number of aromatic nitrogens is 1. The van der Waals surface area contributed by atoms with Gasteiger partial charge in [0, 0.05) is 35.1 Å². The number of carbonyl (C=O) groups is 1. The molecule has 1 aromatic heterocycles. The molecule has 0 aliphatic carbocycles. The highest BCUT2D eigenvalue weighted by molar-refractivity contribution is 5.84. The van der Waals surface area contributed by atoms with Crippen LogP contribution in [0.2, 0.25) is 0 Å². The molecule has 0 fully saturated rings. The summed E-state index contributed by atoms with van der Waals surface area (Å²) in [5, 5.41) is 4.00. The Morgan fingerprint density at radius 2 is 1.92 bits per heavy atom. The quantitative estimate of drug-likeness (QED) is 0.608. The molecule has 136 valence electrons. The number of nitrogens with two attached hydrogens (primary N) is 1. The van der Waals surface area contributed by atoms with Gasteiger partial charge in [-0.2, -0.15) is 0 Å². The van der Waals surface area contributed by atoms with Gasteiger partial charge in [0.25, 0.3) is 0 Å². The SMILES string of the molecule is COc1cccc(C(CNC(=O)CN)c2c[nH]c3ccccc23)c1OC. The fraction of sp³-hybridized carbons (Fsp3) is 0.250. The first-order valence-electron chi connectivity index (χ1n) is 8.43. The predicted molar refractivity (Wildman–Crippen MR) is 102 cm³/mol. The maximum Gasteiger partial charge on any atom is 0.233 e. The summed E-state index contributed by atoms with van der Waals surface area (Å²) in [6.07, 6.45) is 1.98. The maximum atomic E-state index is 11.8. The van der Waals surface area contributed by atoms with Crippen molar-refractivity contribution in [2.24, 2.45) is 5.73 Å². The summed E-state index contributed by atoms with van der Waals surface area (Å²) >= 11 is 0. The zero-order valence-corrected chi connectivity index (χ0v) is 14.9. The predicted octanol–water partition coefficient (Wildman–Crippen LogP) is 2.39. The third kappa shape index (κ3) is 3.36. The smallest absolute Gasteiger partial charge is 0.233 e. The molecule has 26 heavy (non-hydrogen) atoms. The highest BCUT2D eigenvalue weighted by Gasteiger charge is 2.24. The zero-order chi connectivity index (χ0) is 18.5. The van der Waals surface area contributed by atoms with E-state index in [2.05, 4.69) is 16.4 Å². The lowest BCUT2D eigenvalue weighted by atomic mass is 9.90. The molecule has 0 bridgehead atoms. The lowest BCUT2D eigenvalue weighted by Gasteiger charge is -2.21. The molecule has 0 saturated carbocycles. The average molecular weight is 353 g/mol. The van der Waals surface area contributed by atoms with Crippen molar-refractivity contribution in [1.82, 2.24) is 10.3 Å². The molecule has 0 saturated heterocycles. The number of fused-ring (bicyclic) bond motifs is 1. The van der Waals surface area contributed by atoms with Crippen molar-refractivity contribution in [2.45, 2.75) is 5.92 Å². The molecule has 1 amide bonds. The highest BCUT2D eigenvalue weighted by Crippen LogP contribution is 2.40. The molecule has 4 N–H and O–H groups in total. The highest BCUT2D eigenvalue weighted by atomic mass is 16.5. The number of methoxy groups -OCH3 is 2. The Morgan fingerprint density at radius 3 is 2.65 bits per heavy atom. The van der Waals surface area contributed by atoms with Crippen LogP contribution < -0.4 is 20.5 Å². The fourth-order valence-corrected chi connectivity index (χ4v) is 3.24. The topological polar surface area (TPSA) is 89.4 Å². The first-order chi connectivity index (χ1) is 12.7. The van der Waals surface area contributed by atoms with E-state index >= 15 is 0 Å². The number of rotatable bonds is 7. The van der Waals surface area contributed by atoms with Gasteiger partial charge in [0.1, 0.15) is 0 Å². The number of benzene rings is 2. The van der Waals surface area contributed by atoms with Gasteiger partial charge in [-0.15, -0.1) is 0 Å². The third-order valence-electron chi connectivity index (χ3n) is 4.49. The normalized spacial score (nSPS) is 12.0. The van der Waals surface area contributed by atoms with Gasteiger partial charge >= 0.3 is 0 Å². The van der Waals surface area contributed by atoms with Crippen LogP contribution in [0.25, 0.3) is 10.9 Å². The molecule has 3 aromatic rings. The van der Waals surface area contributed by atoms with Crippen LogP contribution in [0, 0.1) is 0 Å². The molecular weight excluding hydrogens is 330 g/mol. The number of H-pyrrole nitrogens is 1. The summed E-state index contributed by atoms with van der Waals surface area (Å²) in [6.45, 7) is 0.358. The van der Waals surface area contributed by atoms with E-state index in [0.717, 1.165) is 22.0 Å². The molecule has 1 unspecified atom stereocenters. The number of amides is 1. The average Bonchev–Trinajstić information content (AvgIpc) is 3.11. The van der Waals surface area contributed by atoms with E-state index in [0.29, 0.717) is 18.0 Å². The number of hydrogen-bond acceptors (Lipinski definition) is 4. The number of ether oxygens (including phenoxy) is 2. The summed E-state index contributed by atoms with van der Waals surface area (Å²) < 4.78 is 11.1. The van der Waals surface area contributed by atoms with Gasteiger partial charge in [0.05, 0.1) is 20.8 Å². The van der Waals surface area contributed by atoms with Crippen molar-refractivity contribution in [3.63, 3.8) is 0 Å². The molecule has 0 radical (unpaired) electrons. The molecular formula is C20H23N3O3. The molecule has 0 aliphatic heterocycles. The first-order valence-corrected chi connectivity index (χ1v) is 8.43. The van der Waals surface area contributed by atoms with E-state index in [1.165, 1.54) is 0 Å². The van der Waals surface area contributed by atoms with Crippen molar-refractivity contribution >= 4 is 16.8 Å². The van der Waals surface area contributed by atoms with Gasteiger partial charge in [-0.3, -0.25) is 4.79 Å². The Hall–Kier alpha value is -2.99. The number of nitrogens with one attached hydrogen (secondary N) is 2. The van der Waals surface area contributed by atoms with Crippen molar-refractivity contribution in [1.29, 1.82) is 0 Å². The van der Waals surface area contributed by atoms with Crippen molar-refractivity contribution in [3.8, 4) is 11.5 Å². The minimum absolute atomic E-state index is 0.0458. The van der Waals surface area contributed by atoms with Crippen molar-refractivity contribution in [3.05, 3.63) is 59.8 Å². The molecule has 1 atom stereocenters. The number of aromatic amines is 1. The third-order valence-corrected chi connectivity index (χ3v) is 4.49. The molecule has 6 nitrogen and oxygen atoms in total. The molecule has 2 aromatic carbocycles. The number of para-hydroxylation sites is 2. The molecule has 1 heterocycles. The lowest BCUT2D eigenvalue weighted by molar-refractivity contribution is -0.119. The van der Waals surface area contributed by atoms with Crippen molar-refractivity contribution in [2.75, 3.05) is 27.3 Å². The van der Waals surface area contributed by atoms with Crippen LogP contribution in [0.1, 0.15) is 17.0 Å². The largest absolute Gasteiger partial charge is 0.493 e. The summed E-state index contributed by atoms with van der Waals surface area (Å²) in [4.78, 5) is 15.1. The second kappa shape index (κ2) is 7.93. The van der Waals surface area contributed by atoms with E-state index in [9.17, 15) is 4.79 Å². The van der Waals surface area contributed by atoms with Crippen LogP contribution in [-0.4, -0.2) is 38.2 Å². The fourth-order valence-electron chi connectivity index (χ4n) is 3.24. The van der Waals surface area contributed by atoms with Gasteiger partial charge in [0.2, 0.25) is 5.91 Å². The molecule has 3 rings (SSSR count). The Balaban J connectivity index is 2.11. The standard InChI is InChI=1S/C20H23N3O3/c1-25-18-9-5-7-14(20(18)26-2)16(12-23-19(24)10-21)15-11-22-17-8-4-3-6-13(15)17/h3-9,11,16,22H,10,12,21H2,1-2H3,(H,23,24). The molecule has 0 aliphatic rings. The second-order valence-electron chi connectivity index (χ2n) is 5.93. The van der Waals surface area contributed by atoms with Gasteiger partial charge < -0.3 is 25.5 Å². The summed E-state index contributed by atoms with van der Waals surface area (Å²) in [6, 6.07) is 13.8. The van der Waals surface area contributed by atoms with Crippen LogP contribution >= 0.6 is 0 Å². The van der Waals surface area contributed by atoms with E-state index in [4.69, 9.17) is 15.2 Å². The van der Waals surface area contributed by atoms with Gasteiger partial charge in [-0.05, 0) is 17.7 Å². The maximum absolute atomic E-state index is 11.8. The Labute approximate surface area is 152 Å². The minimum atomic E-state index is -0.197. The van der Waals surface area contributed by atoms with E-state index < -0.39 is 0 Å². The minimum Gasteiger partial charge on any atom is -0.493 e. The Morgan fingerprint density at radius 1 is 1.12 bits per heavy atom. The molecule has 6 heteroatoms. The Bertz CT molecular complexity index is 904. The molecule has 0 spiro atoms. The lowest BCUT2D eigenvalue weighted by Crippen LogP contribution is -2.33. The van der Waals surface area contributed by atoms with Gasteiger partial charge in [-0.25, -0.2) is 0 Å². The van der Waals surface area contributed by atoms with Crippen LogP contribution in [0.3, 0.4) is 0 Å². The van der Waals surface area contributed by atoms with Gasteiger partial charge in [-0.1, -0.05) is 30.3 Å². The van der Waals surface area contributed by atoms with Crippen LogP contribution in [0.15, 0.2) is 48.7 Å². The summed E-state index contributed by atoms with van der Waals surface area (Å²) in [7, 11) is 3.23. The van der Waals surface area contributed by atoms with E-state index in [-0.39, 0.29) is 18.4 Å². The zero-order valence-electron chi connectivity index (χ0n) is 14.9. The van der Waals surface area contributed by atoms with E-state index in [1.807, 2.05) is 42.6 Å². The van der Waals surface area contributed by atoms with Crippen LogP contribution in [0.5, 0.6) is 11.5 Å². The van der Waals surface area contributed by atoms with Crippen LogP contribution in [0.4, 0.5) is 0 Å². The first kappa shape index (κ1) is 17.8. The number of hydrogen-bond donors (Lipinski definition) is 3. The number of carbonyl (C=O) groups excluding carboxylic acids is 1. The van der Waals surface area contributed by atoms with Crippen molar-refractivity contribution < 1.29 is 14.3 Å². The second-order valence-corrected chi connectivity index (χ2v) is 5.93.